The molecular formula is C18H18BrNO8. The molecule has 1 amide bonds. The largest absolute Gasteiger partial charge is 0.507 e. The summed E-state index contributed by atoms with van der Waals surface area (Å²) in [4.78, 5) is 23.0. The van der Waals surface area contributed by atoms with E-state index in [2.05, 4.69) is 21.2 Å². The molecule has 5 N–H and O–H groups in total. The zero-order chi connectivity index (χ0) is 21.0. The van der Waals surface area contributed by atoms with Gasteiger partial charge in [0.25, 0.3) is 0 Å². The van der Waals surface area contributed by atoms with Crippen LogP contribution in [0.25, 0.3) is 0 Å². The van der Waals surface area contributed by atoms with E-state index in [4.69, 9.17) is 9.47 Å². The first kappa shape index (κ1) is 21.2. The lowest BCUT2D eigenvalue weighted by atomic mass is 10.0. The van der Waals surface area contributed by atoms with Gasteiger partial charge in [0.2, 0.25) is 6.41 Å². The summed E-state index contributed by atoms with van der Waals surface area (Å²) in [5.74, 6) is -2.28. The zero-order valence-electron chi connectivity index (χ0n) is 14.9. The second-order valence-electron chi connectivity index (χ2n) is 5.81. The molecule has 0 aliphatic heterocycles. The molecule has 9 nitrogen and oxygen atoms in total. The summed E-state index contributed by atoms with van der Waals surface area (Å²) in [6.45, 7) is 1.53. The predicted molar refractivity (Wildman–Crippen MR) is 102 cm³/mol. The lowest BCUT2D eigenvalue weighted by molar-refractivity contribution is -0.105. The minimum Gasteiger partial charge on any atom is -0.507 e. The van der Waals surface area contributed by atoms with E-state index in [1.54, 1.807) is 0 Å². The van der Waals surface area contributed by atoms with Crippen molar-refractivity contribution in [1.82, 2.24) is 0 Å². The molecule has 1 atom stereocenters. The maximum absolute atomic E-state index is 12.3. The molecule has 28 heavy (non-hydrogen) atoms. The van der Waals surface area contributed by atoms with Gasteiger partial charge in [-0.1, -0.05) is 0 Å². The van der Waals surface area contributed by atoms with Crippen molar-refractivity contribution < 1.29 is 39.5 Å². The Hall–Kier alpha value is -3.14. The number of carbonyl (C=O) groups excluding carboxylic acids is 2. The first-order valence-corrected chi connectivity index (χ1v) is 8.73. The number of phenols is 4. The Balaban J connectivity index is 2.27. The second kappa shape index (κ2) is 8.70. The van der Waals surface area contributed by atoms with Gasteiger partial charge in [-0.2, -0.15) is 0 Å². The summed E-state index contributed by atoms with van der Waals surface area (Å²) >= 11 is 3.05. The van der Waals surface area contributed by atoms with Crippen LogP contribution in [-0.4, -0.2) is 46.0 Å². The number of hydrogen-bond donors (Lipinski definition) is 5. The second-order valence-corrected chi connectivity index (χ2v) is 6.66. The van der Waals surface area contributed by atoms with Crippen molar-refractivity contribution in [1.29, 1.82) is 0 Å². The molecule has 2 aromatic rings. The number of phenolic OH excluding ortho intramolecular Hbond substituents is 4. The van der Waals surface area contributed by atoms with Gasteiger partial charge in [-0.15, -0.1) is 0 Å². The number of nitrogens with one attached hydrogen (secondary N) is 1. The number of rotatable bonds is 7. The number of esters is 1. The standard InChI is InChI=1S/C18H18BrNO8/c1-8(28-18(26)9-4-11(19)14(23)6-13(9)22)3-10-16(25)12(20-7-21)5-15(24)17(10)27-2/h4-8,22-25H,3H2,1-2H3,(H,20,21). The predicted octanol–water partition coefficient (Wildman–Crippen LogP) is 2.64. The average molecular weight is 456 g/mol. The lowest BCUT2D eigenvalue weighted by Crippen LogP contribution is -2.18. The van der Waals surface area contributed by atoms with Gasteiger partial charge in [0, 0.05) is 24.1 Å². The Morgan fingerprint density at radius 3 is 2.46 bits per heavy atom. The Morgan fingerprint density at radius 2 is 1.86 bits per heavy atom. The molecule has 0 fully saturated rings. The summed E-state index contributed by atoms with van der Waals surface area (Å²) in [6.07, 6.45) is -0.548. The molecule has 0 saturated heterocycles. The summed E-state index contributed by atoms with van der Waals surface area (Å²) < 4.78 is 10.6. The van der Waals surface area contributed by atoms with E-state index in [1.807, 2.05) is 0 Å². The normalized spacial score (nSPS) is 11.5. The highest BCUT2D eigenvalue weighted by atomic mass is 79.9. The van der Waals surface area contributed by atoms with Gasteiger partial charge in [-0.3, -0.25) is 4.79 Å². The quantitative estimate of drug-likeness (QED) is 0.185. The molecule has 0 radical (unpaired) electrons. The lowest BCUT2D eigenvalue weighted by Gasteiger charge is -2.19. The number of halogens is 1. The highest BCUT2D eigenvalue weighted by Gasteiger charge is 2.23. The van der Waals surface area contributed by atoms with Crippen LogP contribution in [0.4, 0.5) is 5.69 Å². The van der Waals surface area contributed by atoms with Crippen molar-refractivity contribution in [3.63, 3.8) is 0 Å². The van der Waals surface area contributed by atoms with Crippen LogP contribution in [0.5, 0.6) is 28.7 Å². The molecule has 0 heterocycles. The third kappa shape index (κ3) is 4.39. The first-order chi connectivity index (χ1) is 13.2. The van der Waals surface area contributed by atoms with Crippen molar-refractivity contribution in [2.75, 3.05) is 12.4 Å². The smallest absolute Gasteiger partial charge is 0.342 e. The number of aromatic hydroxyl groups is 4. The molecular weight excluding hydrogens is 438 g/mol. The van der Waals surface area contributed by atoms with Gasteiger partial charge >= 0.3 is 5.97 Å². The maximum Gasteiger partial charge on any atom is 0.342 e. The maximum atomic E-state index is 12.3. The van der Waals surface area contributed by atoms with Gasteiger partial charge in [-0.25, -0.2) is 4.79 Å². The average Bonchev–Trinajstić information content (AvgIpc) is 2.62. The molecule has 0 aromatic heterocycles. The summed E-state index contributed by atoms with van der Waals surface area (Å²) in [7, 11) is 1.29. The van der Waals surface area contributed by atoms with Crippen molar-refractivity contribution in [2.24, 2.45) is 0 Å². The highest BCUT2D eigenvalue weighted by Crippen LogP contribution is 2.42. The van der Waals surface area contributed by atoms with E-state index in [0.29, 0.717) is 6.41 Å². The fourth-order valence-corrected chi connectivity index (χ4v) is 2.92. The van der Waals surface area contributed by atoms with Crippen molar-refractivity contribution >= 4 is 34.0 Å². The molecule has 0 aliphatic rings. The molecule has 2 rings (SSSR count). The number of benzene rings is 2. The van der Waals surface area contributed by atoms with Crippen LogP contribution in [0.15, 0.2) is 22.7 Å². The van der Waals surface area contributed by atoms with E-state index >= 15 is 0 Å². The minimum atomic E-state index is -0.865. The Bertz CT molecular complexity index is 915. The Morgan fingerprint density at radius 1 is 1.18 bits per heavy atom. The molecule has 0 saturated carbocycles. The summed E-state index contributed by atoms with van der Waals surface area (Å²) in [5.41, 5.74) is -0.0999. The summed E-state index contributed by atoms with van der Waals surface area (Å²) in [5, 5.41) is 42.0. The Labute approximate surface area is 168 Å². The van der Waals surface area contributed by atoms with Gasteiger partial charge in [0.1, 0.15) is 28.9 Å². The third-order valence-electron chi connectivity index (χ3n) is 3.83. The molecule has 0 aliphatic carbocycles. The van der Waals surface area contributed by atoms with E-state index in [9.17, 15) is 30.0 Å². The number of methoxy groups -OCH3 is 1. The number of carbonyl (C=O) groups is 2. The molecule has 0 bridgehead atoms. The van der Waals surface area contributed by atoms with Crippen LogP contribution in [0.1, 0.15) is 22.8 Å². The topological polar surface area (TPSA) is 146 Å². The van der Waals surface area contributed by atoms with Crippen molar-refractivity contribution in [2.45, 2.75) is 19.4 Å². The zero-order valence-corrected chi connectivity index (χ0v) is 16.5. The first-order valence-electron chi connectivity index (χ1n) is 7.94. The highest BCUT2D eigenvalue weighted by molar-refractivity contribution is 9.10. The number of hydrogen-bond acceptors (Lipinski definition) is 8. The summed E-state index contributed by atoms with van der Waals surface area (Å²) in [6, 6.07) is 3.32. The van der Waals surface area contributed by atoms with Crippen molar-refractivity contribution in [3.8, 4) is 28.7 Å². The van der Waals surface area contributed by atoms with Gasteiger partial charge < -0.3 is 35.2 Å². The third-order valence-corrected chi connectivity index (χ3v) is 4.47. The van der Waals surface area contributed by atoms with Crippen LogP contribution < -0.4 is 10.1 Å². The Kier molecular flexibility index (Phi) is 6.57. The van der Waals surface area contributed by atoms with Gasteiger partial charge in [0.15, 0.2) is 11.5 Å². The van der Waals surface area contributed by atoms with Crippen LogP contribution in [-0.2, 0) is 16.0 Å². The molecule has 150 valence electrons. The minimum absolute atomic E-state index is 0.0351. The fraction of sp³-hybridized carbons (Fsp3) is 0.222. The van der Waals surface area contributed by atoms with E-state index in [0.717, 1.165) is 12.1 Å². The molecule has 10 heteroatoms. The fourth-order valence-electron chi connectivity index (χ4n) is 2.58. The van der Waals surface area contributed by atoms with E-state index < -0.39 is 17.8 Å². The van der Waals surface area contributed by atoms with Crippen LogP contribution in [0.2, 0.25) is 0 Å². The van der Waals surface area contributed by atoms with Crippen LogP contribution in [0.3, 0.4) is 0 Å². The van der Waals surface area contributed by atoms with Gasteiger partial charge in [-0.05, 0) is 28.9 Å². The number of ether oxygens (including phenoxy) is 2. The van der Waals surface area contributed by atoms with Gasteiger partial charge in [0.05, 0.1) is 17.3 Å². The van der Waals surface area contributed by atoms with Crippen LogP contribution >= 0.6 is 15.9 Å². The monoisotopic (exact) mass is 455 g/mol. The SMILES string of the molecule is COc1c(O)cc(NC=O)c(O)c1CC(C)OC(=O)c1cc(Br)c(O)cc1O. The van der Waals surface area contributed by atoms with Crippen LogP contribution in [0, 0.1) is 0 Å². The van der Waals surface area contributed by atoms with E-state index in [-0.39, 0.29) is 50.7 Å². The molecule has 1 unspecified atom stereocenters. The molecule has 2 aromatic carbocycles. The number of amides is 1. The van der Waals surface area contributed by atoms with Crippen molar-refractivity contribution in [3.05, 3.63) is 33.8 Å². The van der Waals surface area contributed by atoms with E-state index in [1.165, 1.54) is 20.1 Å². The molecule has 0 spiro atoms. The number of anilines is 1.